The van der Waals surface area contributed by atoms with Gasteiger partial charge < -0.3 is 14.0 Å². The third kappa shape index (κ3) is 2.02. The molecule has 0 saturated carbocycles. The van der Waals surface area contributed by atoms with Crippen LogP contribution >= 0.6 is 0 Å². The molecule has 7 nitrogen and oxygen atoms in total. The minimum absolute atomic E-state index is 0.267. The topological polar surface area (TPSA) is 66.5 Å². The molecule has 1 aliphatic rings. The van der Waals surface area contributed by atoms with Gasteiger partial charge in [0.25, 0.3) is 0 Å². The lowest BCUT2D eigenvalue weighted by Gasteiger charge is -2.08. The summed E-state index contributed by atoms with van der Waals surface area (Å²) in [6, 6.07) is 5.86. The van der Waals surface area contributed by atoms with Crippen LogP contribution < -0.4 is 9.47 Å². The summed E-state index contributed by atoms with van der Waals surface area (Å²) in [4.78, 5) is 13.0. The van der Waals surface area contributed by atoms with Gasteiger partial charge in [-0.3, -0.25) is 9.38 Å². The maximum Gasteiger partial charge on any atom is 0.231 e. The molecule has 0 aliphatic carbocycles. The first kappa shape index (κ1) is 13.1. The van der Waals surface area contributed by atoms with E-state index in [1.807, 2.05) is 41.2 Å². The predicted molar refractivity (Wildman–Crippen MR) is 85.9 cm³/mol. The molecule has 1 aliphatic heterocycles. The molecule has 5 rings (SSSR count). The van der Waals surface area contributed by atoms with Gasteiger partial charge in [0.05, 0.1) is 24.6 Å². The molecular weight excluding hydrogens is 306 g/mol. The molecule has 0 saturated heterocycles. The fourth-order valence-electron chi connectivity index (χ4n) is 2.92. The lowest BCUT2D eigenvalue weighted by Crippen LogP contribution is -2.04. The molecular formula is C17H13N5O2. The highest BCUT2D eigenvalue weighted by molar-refractivity contribution is 5.62. The molecule has 0 amide bonds. The van der Waals surface area contributed by atoms with E-state index >= 15 is 0 Å². The van der Waals surface area contributed by atoms with Crippen molar-refractivity contribution in [3.63, 3.8) is 0 Å². The van der Waals surface area contributed by atoms with E-state index in [0.717, 1.165) is 34.2 Å². The minimum Gasteiger partial charge on any atom is -0.454 e. The highest BCUT2D eigenvalue weighted by Gasteiger charge is 2.16. The molecule has 0 radical (unpaired) electrons. The molecule has 3 aromatic heterocycles. The molecule has 0 spiro atoms. The Labute approximate surface area is 137 Å². The molecule has 0 fully saturated rings. The summed E-state index contributed by atoms with van der Waals surface area (Å²) >= 11 is 0. The van der Waals surface area contributed by atoms with E-state index in [-0.39, 0.29) is 6.79 Å². The highest BCUT2D eigenvalue weighted by atomic mass is 16.7. The number of hydrogen-bond acceptors (Lipinski definition) is 5. The zero-order valence-electron chi connectivity index (χ0n) is 12.7. The van der Waals surface area contributed by atoms with Crippen molar-refractivity contribution >= 4 is 5.65 Å². The van der Waals surface area contributed by atoms with Crippen LogP contribution in [0.25, 0.3) is 17.0 Å². The average Bonchev–Trinajstić information content (AvgIpc) is 3.34. The fourth-order valence-corrected chi connectivity index (χ4v) is 2.92. The van der Waals surface area contributed by atoms with Crippen molar-refractivity contribution in [1.29, 1.82) is 0 Å². The zero-order valence-corrected chi connectivity index (χ0v) is 12.7. The zero-order chi connectivity index (χ0) is 15.9. The summed E-state index contributed by atoms with van der Waals surface area (Å²) in [5.41, 5.74) is 2.88. The van der Waals surface area contributed by atoms with Crippen LogP contribution in [0.2, 0.25) is 0 Å². The van der Waals surface area contributed by atoms with Gasteiger partial charge in [0.15, 0.2) is 17.1 Å². The van der Waals surface area contributed by atoms with Crippen LogP contribution in [0.3, 0.4) is 0 Å². The molecule has 1 aromatic carbocycles. The largest absolute Gasteiger partial charge is 0.454 e. The molecule has 24 heavy (non-hydrogen) atoms. The molecule has 4 heterocycles. The number of rotatable bonds is 3. The molecule has 0 bridgehead atoms. The normalized spacial score (nSPS) is 12.8. The smallest absolute Gasteiger partial charge is 0.231 e. The number of benzene rings is 1. The van der Waals surface area contributed by atoms with E-state index in [1.165, 1.54) is 0 Å². The Kier molecular flexibility index (Phi) is 2.78. The molecule has 0 atom stereocenters. The van der Waals surface area contributed by atoms with Crippen molar-refractivity contribution in [3.8, 4) is 22.9 Å². The van der Waals surface area contributed by atoms with Gasteiger partial charge in [-0.15, -0.1) is 0 Å². The number of nitrogens with zero attached hydrogens (tertiary/aromatic N) is 5. The van der Waals surface area contributed by atoms with E-state index < -0.39 is 0 Å². The van der Waals surface area contributed by atoms with E-state index in [2.05, 4.69) is 19.5 Å². The van der Waals surface area contributed by atoms with Gasteiger partial charge in [-0.05, 0) is 18.2 Å². The van der Waals surface area contributed by atoms with Crippen molar-refractivity contribution < 1.29 is 9.47 Å². The van der Waals surface area contributed by atoms with Crippen LogP contribution in [0, 0.1) is 0 Å². The Hall–Kier alpha value is -3.35. The molecule has 7 heteroatoms. The van der Waals surface area contributed by atoms with Crippen molar-refractivity contribution in [2.45, 2.75) is 6.54 Å². The Morgan fingerprint density at radius 1 is 1.00 bits per heavy atom. The lowest BCUT2D eigenvalue weighted by molar-refractivity contribution is 0.174. The van der Waals surface area contributed by atoms with Crippen LogP contribution in [0.4, 0.5) is 0 Å². The minimum atomic E-state index is 0.267. The second-order valence-electron chi connectivity index (χ2n) is 5.50. The third-order valence-electron chi connectivity index (χ3n) is 4.07. The number of ether oxygens (including phenoxy) is 2. The maximum absolute atomic E-state index is 5.46. The van der Waals surface area contributed by atoms with Gasteiger partial charge in [-0.2, -0.15) is 0 Å². The Balaban J connectivity index is 1.53. The SMILES string of the molecule is c1cn2c(Cn3ccnc3-c3ccc4c(c3)OCO4)cnc2cn1. The maximum atomic E-state index is 5.46. The van der Waals surface area contributed by atoms with Gasteiger partial charge in [-0.1, -0.05) is 0 Å². The number of imidazole rings is 2. The Morgan fingerprint density at radius 3 is 2.96 bits per heavy atom. The first-order valence-electron chi connectivity index (χ1n) is 7.55. The molecule has 0 unspecified atom stereocenters. The summed E-state index contributed by atoms with van der Waals surface area (Å²) in [6.45, 7) is 0.929. The van der Waals surface area contributed by atoms with E-state index in [4.69, 9.17) is 9.47 Å². The monoisotopic (exact) mass is 319 g/mol. The van der Waals surface area contributed by atoms with Crippen molar-refractivity contribution in [2.75, 3.05) is 6.79 Å². The molecule has 4 aromatic rings. The van der Waals surface area contributed by atoms with Gasteiger partial charge in [0.2, 0.25) is 6.79 Å². The Morgan fingerprint density at radius 2 is 1.96 bits per heavy atom. The number of fused-ring (bicyclic) bond motifs is 2. The van der Waals surface area contributed by atoms with Gasteiger partial charge in [0.1, 0.15) is 5.82 Å². The van der Waals surface area contributed by atoms with Crippen molar-refractivity contribution in [3.05, 3.63) is 61.1 Å². The fraction of sp³-hybridized carbons (Fsp3) is 0.118. The van der Waals surface area contributed by atoms with Crippen molar-refractivity contribution in [2.24, 2.45) is 0 Å². The summed E-state index contributed by atoms with van der Waals surface area (Å²) in [7, 11) is 0. The van der Waals surface area contributed by atoms with Gasteiger partial charge in [0, 0.05) is 30.4 Å². The summed E-state index contributed by atoms with van der Waals surface area (Å²) in [6.07, 6.45) is 11.0. The van der Waals surface area contributed by atoms with Crippen LogP contribution in [0.5, 0.6) is 11.5 Å². The van der Waals surface area contributed by atoms with Crippen LogP contribution in [0.1, 0.15) is 5.69 Å². The first-order valence-corrected chi connectivity index (χ1v) is 7.55. The van der Waals surface area contributed by atoms with Crippen molar-refractivity contribution in [1.82, 2.24) is 23.9 Å². The lowest BCUT2D eigenvalue weighted by atomic mass is 10.2. The second-order valence-corrected chi connectivity index (χ2v) is 5.50. The number of aromatic nitrogens is 5. The van der Waals surface area contributed by atoms with E-state index in [1.54, 1.807) is 18.6 Å². The average molecular weight is 319 g/mol. The molecule has 118 valence electrons. The summed E-state index contributed by atoms with van der Waals surface area (Å²) in [5.74, 6) is 2.39. The highest BCUT2D eigenvalue weighted by Crippen LogP contribution is 2.35. The first-order chi connectivity index (χ1) is 11.9. The second kappa shape index (κ2) is 5.09. The molecule has 0 N–H and O–H groups in total. The van der Waals surface area contributed by atoms with Crippen LogP contribution in [-0.4, -0.2) is 30.7 Å². The third-order valence-corrected chi connectivity index (χ3v) is 4.07. The predicted octanol–water partition coefficient (Wildman–Crippen LogP) is 2.37. The number of hydrogen-bond donors (Lipinski definition) is 0. The van der Waals surface area contributed by atoms with Gasteiger partial charge in [-0.25, -0.2) is 9.97 Å². The van der Waals surface area contributed by atoms with E-state index in [9.17, 15) is 0 Å². The van der Waals surface area contributed by atoms with Crippen LogP contribution in [-0.2, 0) is 6.54 Å². The summed E-state index contributed by atoms with van der Waals surface area (Å²) in [5, 5.41) is 0. The summed E-state index contributed by atoms with van der Waals surface area (Å²) < 4.78 is 14.9. The standard InChI is InChI=1S/C17H13N5O2/c1-2-14-15(24-11-23-14)7-12(1)17-19-4-5-21(17)10-13-8-20-16-9-18-3-6-22(13)16/h1-9H,10-11H2. The van der Waals surface area contributed by atoms with Gasteiger partial charge >= 0.3 is 0 Å². The van der Waals surface area contributed by atoms with E-state index in [0.29, 0.717) is 6.54 Å². The quantitative estimate of drug-likeness (QED) is 0.580. The Bertz CT molecular complexity index is 1040. The van der Waals surface area contributed by atoms with Crippen LogP contribution in [0.15, 0.2) is 55.4 Å².